The van der Waals surface area contributed by atoms with Crippen molar-refractivity contribution in [3.05, 3.63) is 58.4 Å². The largest absolute Gasteiger partial charge is 0.420 e. The summed E-state index contributed by atoms with van der Waals surface area (Å²) < 4.78 is 18.4. The van der Waals surface area contributed by atoms with Crippen LogP contribution in [0.4, 0.5) is 4.39 Å². The molecule has 0 fully saturated rings. The van der Waals surface area contributed by atoms with Gasteiger partial charge in [-0.15, -0.1) is 10.2 Å². The molecule has 0 radical (unpaired) electrons. The molecule has 5 nitrogen and oxygen atoms in total. The maximum Gasteiger partial charge on any atom is 0.248 e. The third kappa shape index (κ3) is 3.81. The molecule has 0 aliphatic heterocycles. The van der Waals surface area contributed by atoms with Gasteiger partial charge in [-0.25, -0.2) is 4.39 Å². The van der Waals surface area contributed by atoms with E-state index in [9.17, 15) is 9.18 Å². The first-order valence-corrected chi connectivity index (χ1v) is 7.96. The third-order valence-corrected chi connectivity index (χ3v) is 3.98. The van der Waals surface area contributed by atoms with Crippen molar-refractivity contribution in [2.75, 3.05) is 0 Å². The predicted molar refractivity (Wildman–Crippen MR) is 84.3 cm³/mol. The maximum atomic E-state index is 12.9. The fourth-order valence-electron chi connectivity index (χ4n) is 2.09. The number of carbonyl (C=O) groups is 1. The standard InChI is InChI=1S/C16H14FN3O2S/c1-10(11-2-4-13(17)5-3-11)18-14(21)8-15-19-20-16(22-15)12-6-7-23-9-12/h2-7,9-10H,8H2,1H3,(H,18,21). The third-order valence-electron chi connectivity index (χ3n) is 3.29. The van der Waals surface area contributed by atoms with Crippen molar-refractivity contribution < 1.29 is 13.6 Å². The first-order valence-electron chi connectivity index (χ1n) is 7.01. The summed E-state index contributed by atoms with van der Waals surface area (Å²) in [7, 11) is 0. The molecule has 23 heavy (non-hydrogen) atoms. The van der Waals surface area contributed by atoms with Crippen LogP contribution in [-0.4, -0.2) is 16.1 Å². The molecular weight excluding hydrogens is 317 g/mol. The molecule has 3 aromatic rings. The van der Waals surface area contributed by atoms with E-state index in [2.05, 4.69) is 15.5 Å². The van der Waals surface area contributed by atoms with Gasteiger partial charge < -0.3 is 9.73 Å². The number of halogens is 1. The van der Waals surface area contributed by atoms with Gasteiger partial charge >= 0.3 is 0 Å². The van der Waals surface area contributed by atoms with Gasteiger partial charge in [0.05, 0.1) is 6.04 Å². The number of benzene rings is 1. The van der Waals surface area contributed by atoms with Gasteiger partial charge in [0.1, 0.15) is 12.2 Å². The molecule has 1 amide bonds. The quantitative estimate of drug-likeness (QED) is 0.778. The minimum absolute atomic E-state index is 0.00265. The SMILES string of the molecule is CC(NC(=O)Cc1nnc(-c2ccsc2)o1)c1ccc(F)cc1. The lowest BCUT2D eigenvalue weighted by Crippen LogP contribution is -2.28. The zero-order valence-electron chi connectivity index (χ0n) is 12.3. The molecule has 1 N–H and O–H groups in total. The Balaban J connectivity index is 1.60. The van der Waals surface area contributed by atoms with Crippen LogP contribution in [-0.2, 0) is 11.2 Å². The zero-order chi connectivity index (χ0) is 16.2. The van der Waals surface area contributed by atoms with E-state index in [-0.39, 0.29) is 30.1 Å². The Labute approximate surface area is 136 Å². The highest BCUT2D eigenvalue weighted by Gasteiger charge is 2.15. The summed E-state index contributed by atoms with van der Waals surface area (Å²) in [6.45, 7) is 1.83. The van der Waals surface area contributed by atoms with Crippen LogP contribution in [0.3, 0.4) is 0 Å². The average Bonchev–Trinajstić information content (AvgIpc) is 3.18. The van der Waals surface area contributed by atoms with Crippen molar-refractivity contribution in [2.45, 2.75) is 19.4 Å². The highest BCUT2D eigenvalue weighted by molar-refractivity contribution is 7.08. The van der Waals surface area contributed by atoms with E-state index in [1.165, 1.54) is 23.5 Å². The van der Waals surface area contributed by atoms with Crippen molar-refractivity contribution in [3.63, 3.8) is 0 Å². The number of thiophene rings is 1. The minimum atomic E-state index is -0.306. The van der Waals surface area contributed by atoms with Crippen LogP contribution in [0.15, 0.2) is 45.5 Å². The molecule has 1 unspecified atom stereocenters. The molecule has 7 heteroatoms. The molecule has 0 aliphatic carbocycles. The molecule has 2 aromatic heterocycles. The number of carbonyl (C=O) groups excluding carboxylic acids is 1. The number of amides is 1. The van der Waals surface area contributed by atoms with Crippen molar-refractivity contribution >= 4 is 17.2 Å². The van der Waals surface area contributed by atoms with E-state index >= 15 is 0 Å². The van der Waals surface area contributed by atoms with Crippen LogP contribution in [0.25, 0.3) is 11.5 Å². The summed E-state index contributed by atoms with van der Waals surface area (Å²) in [5.74, 6) is 0.122. The lowest BCUT2D eigenvalue weighted by molar-refractivity contribution is -0.121. The van der Waals surface area contributed by atoms with Gasteiger partial charge in [-0.2, -0.15) is 11.3 Å². The van der Waals surface area contributed by atoms with Crippen LogP contribution in [0.1, 0.15) is 24.4 Å². The van der Waals surface area contributed by atoms with Gasteiger partial charge in [0.2, 0.25) is 17.7 Å². The van der Waals surface area contributed by atoms with E-state index < -0.39 is 0 Å². The molecular formula is C16H14FN3O2S. The molecule has 0 saturated heterocycles. The topological polar surface area (TPSA) is 68.0 Å². The summed E-state index contributed by atoms with van der Waals surface area (Å²) in [4.78, 5) is 12.0. The Morgan fingerprint density at radius 1 is 1.30 bits per heavy atom. The van der Waals surface area contributed by atoms with Crippen LogP contribution in [0.5, 0.6) is 0 Å². The predicted octanol–water partition coefficient (Wildman–Crippen LogP) is 3.36. The zero-order valence-corrected chi connectivity index (χ0v) is 13.1. The van der Waals surface area contributed by atoms with Crippen molar-refractivity contribution in [2.24, 2.45) is 0 Å². The Morgan fingerprint density at radius 3 is 2.78 bits per heavy atom. The van der Waals surface area contributed by atoms with E-state index in [1.54, 1.807) is 12.1 Å². The molecule has 2 heterocycles. The molecule has 0 spiro atoms. The molecule has 3 rings (SSSR count). The number of nitrogens with zero attached hydrogens (tertiary/aromatic N) is 2. The van der Waals surface area contributed by atoms with Gasteiger partial charge in [0.15, 0.2) is 0 Å². The summed E-state index contributed by atoms with van der Waals surface area (Å²) in [6.07, 6.45) is 0.00265. The Morgan fingerprint density at radius 2 is 2.09 bits per heavy atom. The molecule has 1 aromatic carbocycles. The average molecular weight is 331 g/mol. The van der Waals surface area contributed by atoms with Gasteiger partial charge in [0, 0.05) is 10.9 Å². The Bertz CT molecular complexity index is 784. The highest BCUT2D eigenvalue weighted by Crippen LogP contribution is 2.20. The van der Waals surface area contributed by atoms with Gasteiger partial charge in [-0.05, 0) is 36.1 Å². The first kappa shape index (κ1) is 15.4. The van der Waals surface area contributed by atoms with Crippen molar-refractivity contribution in [1.82, 2.24) is 15.5 Å². The monoisotopic (exact) mass is 331 g/mol. The number of hydrogen-bond acceptors (Lipinski definition) is 5. The lowest BCUT2D eigenvalue weighted by atomic mass is 10.1. The van der Waals surface area contributed by atoms with E-state index in [0.717, 1.165) is 11.1 Å². The van der Waals surface area contributed by atoms with Crippen LogP contribution >= 0.6 is 11.3 Å². The van der Waals surface area contributed by atoms with Crippen molar-refractivity contribution in [1.29, 1.82) is 0 Å². The molecule has 118 valence electrons. The van der Waals surface area contributed by atoms with Crippen LogP contribution < -0.4 is 5.32 Å². The number of aromatic nitrogens is 2. The number of rotatable bonds is 5. The van der Waals surface area contributed by atoms with Gasteiger partial charge in [-0.1, -0.05) is 12.1 Å². The normalized spacial score (nSPS) is 12.1. The summed E-state index contributed by atoms with van der Waals surface area (Å²) in [5, 5.41) is 14.4. The second kappa shape index (κ2) is 6.70. The van der Waals surface area contributed by atoms with E-state index in [1.807, 2.05) is 23.8 Å². The summed E-state index contributed by atoms with van der Waals surface area (Å²) in [6, 6.07) is 7.65. The number of hydrogen-bond donors (Lipinski definition) is 1. The van der Waals surface area contributed by atoms with E-state index in [0.29, 0.717) is 5.89 Å². The molecule has 0 aliphatic rings. The summed E-state index contributed by atoms with van der Waals surface area (Å²) in [5.41, 5.74) is 1.66. The maximum absolute atomic E-state index is 12.9. The van der Waals surface area contributed by atoms with Gasteiger partial charge in [-0.3, -0.25) is 4.79 Å². The Hall–Kier alpha value is -2.54. The minimum Gasteiger partial charge on any atom is -0.420 e. The first-order chi connectivity index (χ1) is 11.1. The summed E-state index contributed by atoms with van der Waals surface area (Å²) >= 11 is 1.53. The van der Waals surface area contributed by atoms with Crippen molar-refractivity contribution in [3.8, 4) is 11.5 Å². The van der Waals surface area contributed by atoms with Gasteiger partial charge in [0.25, 0.3) is 0 Å². The fourth-order valence-corrected chi connectivity index (χ4v) is 2.72. The second-order valence-corrected chi connectivity index (χ2v) is 5.81. The van der Waals surface area contributed by atoms with Crippen LogP contribution in [0.2, 0.25) is 0 Å². The highest BCUT2D eigenvalue weighted by atomic mass is 32.1. The molecule has 0 bridgehead atoms. The lowest BCUT2D eigenvalue weighted by Gasteiger charge is -2.13. The molecule has 0 saturated carbocycles. The smallest absolute Gasteiger partial charge is 0.248 e. The van der Waals surface area contributed by atoms with E-state index in [4.69, 9.17) is 4.42 Å². The Kier molecular flexibility index (Phi) is 4.47. The van der Waals surface area contributed by atoms with Crippen LogP contribution in [0, 0.1) is 5.82 Å². The fraction of sp³-hybridized carbons (Fsp3) is 0.188. The molecule has 1 atom stereocenters. The second-order valence-electron chi connectivity index (χ2n) is 5.03. The number of nitrogens with one attached hydrogen (secondary N) is 1.